The number of carbonyl (C=O) groups is 1. The van der Waals surface area contributed by atoms with E-state index in [4.69, 9.17) is 0 Å². The predicted molar refractivity (Wildman–Crippen MR) is 105 cm³/mol. The van der Waals surface area contributed by atoms with E-state index in [0.29, 0.717) is 0 Å². The second-order valence-corrected chi connectivity index (χ2v) is 7.69. The molecular formula is C20H16N4O2S. The fourth-order valence-electron chi connectivity index (χ4n) is 3.73. The summed E-state index contributed by atoms with van der Waals surface area (Å²) in [6.07, 6.45) is 2.58. The molecule has 7 heteroatoms. The summed E-state index contributed by atoms with van der Waals surface area (Å²) in [5.74, 6) is -0.997. The van der Waals surface area contributed by atoms with E-state index in [2.05, 4.69) is 28.3 Å². The number of aromatic carboxylic acids is 1. The van der Waals surface area contributed by atoms with Gasteiger partial charge in [0.25, 0.3) is 0 Å². The van der Waals surface area contributed by atoms with Gasteiger partial charge in [-0.2, -0.15) is 10.2 Å². The zero-order chi connectivity index (χ0) is 18.5. The Hall–Kier alpha value is -3.06. The van der Waals surface area contributed by atoms with Gasteiger partial charge < -0.3 is 5.11 Å². The third-order valence-electron chi connectivity index (χ3n) is 4.92. The maximum Gasteiger partial charge on any atom is 0.356 e. The second kappa shape index (κ2) is 5.99. The van der Waals surface area contributed by atoms with Crippen LogP contribution in [0.1, 0.15) is 34.6 Å². The highest BCUT2D eigenvalue weighted by Gasteiger charge is 2.34. The Kier molecular flexibility index (Phi) is 3.58. The molecule has 1 atom stereocenters. The molecule has 0 aliphatic carbocycles. The first-order chi connectivity index (χ1) is 13.2. The monoisotopic (exact) mass is 376 g/mol. The quantitative estimate of drug-likeness (QED) is 0.543. The van der Waals surface area contributed by atoms with Crippen LogP contribution < -0.4 is 0 Å². The number of carboxylic acid groups (broad SMARTS) is 1. The zero-order valence-corrected chi connectivity index (χ0v) is 15.3. The van der Waals surface area contributed by atoms with Crippen molar-refractivity contribution in [1.29, 1.82) is 0 Å². The number of carboxylic acids is 1. The molecule has 0 saturated heterocycles. The number of nitrogens with one attached hydrogen (secondary N) is 1. The maximum atomic E-state index is 12.0. The van der Waals surface area contributed by atoms with Crippen molar-refractivity contribution in [2.45, 2.75) is 23.5 Å². The van der Waals surface area contributed by atoms with E-state index in [1.807, 2.05) is 36.4 Å². The largest absolute Gasteiger partial charge is 0.476 e. The Morgan fingerprint density at radius 1 is 1.26 bits per heavy atom. The topological polar surface area (TPSA) is 83.8 Å². The smallest absolute Gasteiger partial charge is 0.356 e. The van der Waals surface area contributed by atoms with Gasteiger partial charge >= 0.3 is 5.97 Å². The molecule has 2 aromatic carbocycles. The summed E-state index contributed by atoms with van der Waals surface area (Å²) in [7, 11) is 0. The average Bonchev–Trinajstić information content (AvgIpc) is 3.32. The normalized spacial score (nSPS) is 15.5. The predicted octanol–water partition coefficient (Wildman–Crippen LogP) is 4.67. The molecule has 0 spiro atoms. The van der Waals surface area contributed by atoms with Crippen molar-refractivity contribution in [1.82, 2.24) is 20.0 Å². The van der Waals surface area contributed by atoms with Crippen LogP contribution in [0.2, 0.25) is 0 Å². The number of hydrogen-bond acceptors (Lipinski definition) is 4. The number of H-pyrrole nitrogens is 1. The van der Waals surface area contributed by atoms with Crippen LogP contribution in [-0.4, -0.2) is 31.1 Å². The molecular weight excluding hydrogens is 360 g/mol. The van der Waals surface area contributed by atoms with E-state index >= 15 is 0 Å². The molecule has 27 heavy (non-hydrogen) atoms. The van der Waals surface area contributed by atoms with Gasteiger partial charge in [0.2, 0.25) is 0 Å². The van der Waals surface area contributed by atoms with Crippen LogP contribution in [0.3, 0.4) is 0 Å². The van der Waals surface area contributed by atoms with E-state index in [-0.39, 0.29) is 10.9 Å². The van der Waals surface area contributed by atoms with Crippen molar-refractivity contribution in [3.8, 4) is 16.9 Å². The van der Waals surface area contributed by atoms with Gasteiger partial charge in [0.15, 0.2) is 5.69 Å². The van der Waals surface area contributed by atoms with Crippen LogP contribution in [0.4, 0.5) is 0 Å². The molecule has 2 N–H and O–H groups in total. The van der Waals surface area contributed by atoms with Crippen molar-refractivity contribution in [3.05, 3.63) is 59.9 Å². The minimum absolute atomic E-state index is 0.0540. The molecule has 0 saturated carbocycles. The van der Waals surface area contributed by atoms with Crippen LogP contribution in [0, 0.1) is 0 Å². The van der Waals surface area contributed by atoms with Crippen molar-refractivity contribution in [2.24, 2.45) is 0 Å². The summed E-state index contributed by atoms with van der Waals surface area (Å²) in [5.41, 5.74) is 4.51. The number of rotatable bonds is 3. The minimum Gasteiger partial charge on any atom is -0.476 e. The molecule has 0 bridgehead atoms. The Morgan fingerprint density at radius 2 is 2.11 bits per heavy atom. The lowest BCUT2D eigenvalue weighted by Gasteiger charge is -2.24. The number of benzene rings is 2. The lowest BCUT2D eigenvalue weighted by Crippen LogP contribution is -2.08. The summed E-state index contributed by atoms with van der Waals surface area (Å²) in [6.45, 7) is 2.08. The van der Waals surface area contributed by atoms with E-state index in [9.17, 15) is 9.90 Å². The van der Waals surface area contributed by atoms with Gasteiger partial charge in [0, 0.05) is 26.7 Å². The summed E-state index contributed by atoms with van der Waals surface area (Å²) in [6, 6.07) is 13.9. The second-order valence-electron chi connectivity index (χ2n) is 6.45. The van der Waals surface area contributed by atoms with Crippen LogP contribution in [0.15, 0.2) is 53.6 Å². The van der Waals surface area contributed by atoms with Gasteiger partial charge in [-0.15, -0.1) is 11.8 Å². The van der Waals surface area contributed by atoms with Crippen molar-refractivity contribution >= 4 is 28.6 Å². The van der Waals surface area contributed by atoms with E-state index in [1.54, 1.807) is 22.6 Å². The SMILES string of the molecule is CCC1Sc2ccccc2-c2c1c(C(=O)O)nn2-c1cccc2[nH]ncc12. The summed E-state index contributed by atoms with van der Waals surface area (Å²) in [4.78, 5) is 13.1. The van der Waals surface area contributed by atoms with Crippen LogP contribution >= 0.6 is 11.8 Å². The van der Waals surface area contributed by atoms with Gasteiger partial charge in [0.1, 0.15) is 0 Å². The van der Waals surface area contributed by atoms with Crippen molar-refractivity contribution < 1.29 is 9.90 Å². The number of hydrogen-bond donors (Lipinski definition) is 2. The first kappa shape index (κ1) is 16.1. The van der Waals surface area contributed by atoms with E-state index in [0.717, 1.165) is 44.7 Å². The summed E-state index contributed by atoms with van der Waals surface area (Å²) in [5, 5.41) is 22.4. The molecule has 1 aliphatic heterocycles. The third-order valence-corrected chi connectivity index (χ3v) is 6.38. The fourth-order valence-corrected chi connectivity index (χ4v) is 4.99. The Balaban J connectivity index is 1.90. The number of fused-ring (bicyclic) bond motifs is 4. The highest BCUT2D eigenvalue weighted by atomic mass is 32.2. The molecule has 0 fully saturated rings. The standard InChI is InChI=1S/C20H16N4O2S/c1-2-15-17-18(20(25)26)23-24(14-8-5-7-13-12(14)10-21-22-13)19(17)11-6-3-4-9-16(11)27-15/h3-10,15H,2H2,1H3,(H,21,22)(H,25,26). The number of thioether (sulfide) groups is 1. The van der Waals surface area contributed by atoms with Crippen LogP contribution in [0.25, 0.3) is 27.8 Å². The molecule has 4 aromatic rings. The van der Waals surface area contributed by atoms with Crippen molar-refractivity contribution in [3.63, 3.8) is 0 Å². The van der Waals surface area contributed by atoms with Gasteiger partial charge in [-0.25, -0.2) is 9.48 Å². The number of aromatic amines is 1. The van der Waals surface area contributed by atoms with Gasteiger partial charge in [-0.1, -0.05) is 31.2 Å². The number of nitrogens with zero attached hydrogens (tertiary/aromatic N) is 3. The van der Waals surface area contributed by atoms with Gasteiger partial charge in [-0.05, 0) is 24.6 Å². The molecule has 0 radical (unpaired) electrons. The molecule has 2 aromatic heterocycles. The molecule has 1 unspecified atom stereocenters. The fraction of sp³-hybridized carbons (Fsp3) is 0.150. The Labute approximate surface area is 159 Å². The Morgan fingerprint density at radius 3 is 2.93 bits per heavy atom. The molecule has 6 nitrogen and oxygen atoms in total. The molecule has 5 rings (SSSR count). The summed E-state index contributed by atoms with van der Waals surface area (Å²) < 4.78 is 1.78. The van der Waals surface area contributed by atoms with Gasteiger partial charge in [0.05, 0.1) is 23.1 Å². The lowest BCUT2D eigenvalue weighted by molar-refractivity contribution is 0.0688. The van der Waals surface area contributed by atoms with Crippen molar-refractivity contribution in [2.75, 3.05) is 0 Å². The molecule has 134 valence electrons. The van der Waals surface area contributed by atoms with Crippen LogP contribution in [0.5, 0.6) is 0 Å². The van der Waals surface area contributed by atoms with E-state index < -0.39 is 5.97 Å². The Bertz CT molecular complexity index is 1190. The first-order valence-electron chi connectivity index (χ1n) is 8.73. The number of aromatic nitrogens is 4. The molecule has 0 amide bonds. The average molecular weight is 376 g/mol. The molecule has 1 aliphatic rings. The highest BCUT2D eigenvalue weighted by molar-refractivity contribution is 7.99. The van der Waals surface area contributed by atoms with Gasteiger partial charge in [-0.3, -0.25) is 5.10 Å². The van der Waals surface area contributed by atoms with E-state index in [1.165, 1.54) is 0 Å². The summed E-state index contributed by atoms with van der Waals surface area (Å²) >= 11 is 1.71. The maximum absolute atomic E-state index is 12.0. The highest BCUT2D eigenvalue weighted by Crippen LogP contribution is 2.52. The first-order valence-corrected chi connectivity index (χ1v) is 9.61. The lowest BCUT2D eigenvalue weighted by atomic mass is 10.00. The third kappa shape index (κ3) is 2.31. The molecule has 3 heterocycles. The minimum atomic E-state index is -0.997. The zero-order valence-electron chi connectivity index (χ0n) is 14.5. The van der Waals surface area contributed by atoms with Crippen LogP contribution in [-0.2, 0) is 0 Å².